The van der Waals surface area contributed by atoms with Crippen LogP contribution in [-0.4, -0.2) is 24.8 Å². The van der Waals surface area contributed by atoms with E-state index in [4.69, 9.17) is 4.84 Å². The van der Waals surface area contributed by atoms with Gasteiger partial charge < -0.3 is 5.32 Å². The van der Waals surface area contributed by atoms with Gasteiger partial charge in [-0.2, -0.15) is 0 Å². The van der Waals surface area contributed by atoms with Crippen molar-refractivity contribution in [2.75, 3.05) is 11.9 Å². The lowest BCUT2D eigenvalue weighted by molar-refractivity contribution is -0.120. The number of amides is 2. The molecule has 0 aromatic heterocycles. The molecule has 2 N–H and O–H groups in total. The Balaban J connectivity index is 1.43. The van der Waals surface area contributed by atoms with Crippen LogP contribution in [0.4, 0.5) is 10.5 Å². The van der Waals surface area contributed by atoms with Crippen molar-refractivity contribution in [3.05, 3.63) is 78.4 Å². The number of rotatable bonds is 6. The van der Waals surface area contributed by atoms with E-state index in [9.17, 15) is 9.59 Å². The second kappa shape index (κ2) is 9.15. The number of benzene rings is 3. The maximum atomic E-state index is 11.9. The zero-order valence-corrected chi connectivity index (χ0v) is 14.6. The van der Waals surface area contributed by atoms with Gasteiger partial charge in [-0.15, -0.1) is 0 Å². The van der Waals surface area contributed by atoms with Crippen LogP contribution in [0, 0.1) is 0 Å². The molecule has 6 nitrogen and oxygen atoms in total. The highest BCUT2D eigenvalue weighted by Gasteiger charge is 2.06. The molecule has 0 aliphatic heterocycles. The van der Waals surface area contributed by atoms with Crippen molar-refractivity contribution in [2.45, 2.75) is 6.42 Å². The summed E-state index contributed by atoms with van der Waals surface area (Å²) >= 11 is 0. The summed E-state index contributed by atoms with van der Waals surface area (Å²) in [5.74, 6) is -0.132. The van der Waals surface area contributed by atoms with Gasteiger partial charge in [-0.25, -0.2) is 4.79 Å². The predicted molar refractivity (Wildman–Crippen MR) is 106 cm³/mol. The molecule has 3 aromatic rings. The Morgan fingerprint density at radius 1 is 0.926 bits per heavy atom. The average Bonchev–Trinajstić information content (AvgIpc) is 2.69. The van der Waals surface area contributed by atoms with Gasteiger partial charge in [0.25, 0.3) is 0 Å². The van der Waals surface area contributed by atoms with Crippen LogP contribution in [0.15, 0.2) is 78.0 Å². The monoisotopic (exact) mass is 361 g/mol. The number of anilines is 1. The Bertz CT molecular complexity index is 950. The molecule has 0 bridgehead atoms. The van der Waals surface area contributed by atoms with Crippen molar-refractivity contribution in [2.24, 2.45) is 5.16 Å². The van der Waals surface area contributed by atoms with Crippen molar-refractivity contribution in [3.63, 3.8) is 0 Å². The summed E-state index contributed by atoms with van der Waals surface area (Å²) in [5, 5.41) is 10.8. The Kier molecular flexibility index (Phi) is 6.14. The third-order valence-electron chi connectivity index (χ3n) is 3.83. The van der Waals surface area contributed by atoms with Gasteiger partial charge in [0.15, 0.2) is 0 Å². The van der Waals surface area contributed by atoms with Gasteiger partial charge in [-0.1, -0.05) is 71.9 Å². The number of nitrogens with one attached hydrogen (secondary N) is 2. The smallest absolute Gasteiger partial charge is 0.351 e. The lowest BCUT2D eigenvalue weighted by atomic mass is 10.1. The summed E-state index contributed by atoms with van der Waals surface area (Å²) in [4.78, 5) is 28.4. The summed E-state index contributed by atoms with van der Waals surface area (Å²) < 4.78 is 0. The highest BCUT2D eigenvalue weighted by molar-refractivity contribution is 6.00. The fraction of sp³-hybridized carbons (Fsp3) is 0.0952. The van der Waals surface area contributed by atoms with Gasteiger partial charge in [0.2, 0.25) is 5.91 Å². The van der Waals surface area contributed by atoms with Crippen LogP contribution in [0.2, 0.25) is 0 Å². The molecule has 0 aliphatic carbocycles. The van der Waals surface area contributed by atoms with E-state index in [-0.39, 0.29) is 18.9 Å². The first-order valence-electron chi connectivity index (χ1n) is 8.50. The SMILES string of the molecule is O=C(Cc1ccccc1)NC/C=N/OC(=O)Nc1cccc2ccccc12. The second-order valence-corrected chi connectivity index (χ2v) is 5.78. The Hall–Kier alpha value is -3.67. The van der Waals surface area contributed by atoms with E-state index in [2.05, 4.69) is 15.8 Å². The van der Waals surface area contributed by atoms with Gasteiger partial charge in [0, 0.05) is 5.39 Å². The molecule has 0 fully saturated rings. The molecule has 6 heteroatoms. The van der Waals surface area contributed by atoms with Crippen molar-refractivity contribution in [3.8, 4) is 0 Å². The zero-order valence-electron chi connectivity index (χ0n) is 14.6. The molecule has 0 spiro atoms. The van der Waals surface area contributed by atoms with E-state index in [0.29, 0.717) is 5.69 Å². The fourth-order valence-electron chi connectivity index (χ4n) is 2.59. The topological polar surface area (TPSA) is 79.8 Å². The highest BCUT2D eigenvalue weighted by atomic mass is 16.7. The molecule has 3 rings (SSSR count). The van der Waals surface area contributed by atoms with Crippen LogP contribution in [0.5, 0.6) is 0 Å². The van der Waals surface area contributed by atoms with Gasteiger partial charge in [0.1, 0.15) is 0 Å². The molecule has 136 valence electrons. The summed E-state index contributed by atoms with van der Waals surface area (Å²) in [6.45, 7) is 0.174. The summed E-state index contributed by atoms with van der Waals surface area (Å²) in [6, 6.07) is 22.7. The third kappa shape index (κ3) is 5.40. The molecule has 3 aromatic carbocycles. The number of nitrogens with zero attached hydrogens (tertiary/aromatic N) is 1. The minimum absolute atomic E-state index is 0.132. The molecule has 0 heterocycles. The number of carbonyl (C=O) groups is 2. The normalized spacial score (nSPS) is 10.7. The summed E-state index contributed by atoms with van der Waals surface area (Å²) in [7, 11) is 0. The maximum Gasteiger partial charge on any atom is 0.437 e. The van der Waals surface area contributed by atoms with Crippen LogP contribution in [-0.2, 0) is 16.1 Å². The quantitative estimate of drug-likeness (QED) is 0.399. The van der Waals surface area contributed by atoms with Crippen LogP contribution in [0.25, 0.3) is 10.8 Å². The lowest BCUT2D eigenvalue weighted by Crippen LogP contribution is -2.26. The molecular formula is C21H19N3O3. The summed E-state index contributed by atoms with van der Waals surface area (Å²) in [6.07, 6.45) is 0.918. The molecule has 0 saturated carbocycles. The summed E-state index contributed by atoms with van der Waals surface area (Å²) in [5.41, 5.74) is 1.57. The van der Waals surface area contributed by atoms with E-state index in [1.807, 2.05) is 66.7 Å². The first kappa shape index (κ1) is 18.1. The number of hydrogen-bond donors (Lipinski definition) is 2. The first-order valence-corrected chi connectivity index (χ1v) is 8.50. The number of fused-ring (bicyclic) bond motifs is 1. The standard InChI is InChI=1S/C21H19N3O3/c25-20(15-16-7-2-1-3-8-16)22-13-14-23-27-21(26)24-19-12-6-10-17-9-4-5-11-18(17)19/h1-12,14H,13,15H2,(H,22,25)(H,24,26)/b23-14+. The zero-order chi connectivity index (χ0) is 18.9. The average molecular weight is 361 g/mol. The van der Waals surface area contributed by atoms with Gasteiger partial charge >= 0.3 is 6.09 Å². The van der Waals surface area contributed by atoms with E-state index in [1.54, 1.807) is 6.07 Å². The number of carbonyl (C=O) groups excluding carboxylic acids is 2. The largest absolute Gasteiger partial charge is 0.437 e. The molecule has 27 heavy (non-hydrogen) atoms. The Morgan fingerprint density at radius 3 is 2.52 bits per heavy atom. The second-order valence-electron chi connectivity index (χ2n) is 5.78. The van der Waals surface area contributed by atoms with Crippen LogP contribution < -0.4 is 10.6 Å². The van der Waals surface area contributed by atoms with Crippen molar-refractivity contribution < 1.29 is 14.4 Å². The number of hydrogen-bond acceptors (Lipinski definition) is 4. The highest BCUT2D eigenvalue weighted by Crippen LogP contribution is 2.22. The number of oxime groups is 1. The van der Waals surface area contributed by atoms with E-state index >= 15 is 0 Å². The lowest BCUT2D eigenvalue weighted by Gasteiger charge is -2.06. The minimum Gasteiger partial charge on any atom is -0.351 e. The molecule has 0 aliphatic rings. The molecular weight excluding hydrogens is 342 g/mol. The van der Waals surface area contributed by atoms with E-state index in [0.717, 1.165) is 16.3 Å². The molecule has 0 saturated heterocycles. The third-order valence-corrected chi connectivity index (χ3v) is 3.83. The van der Waals surface area contributed by atoms with Crippen LogP contribution >= 0.6 is 0 Å². The minimum atomic E-state index is -0.696. The van der Waals surface area contributed by atoms with Gasteiger partial charge in [-0.05, 0) is 17.0 Å². The molecule has 2 amide bonds. The fourth-order valence-corrected chi connectivity index (χ4v) is 2.59. The Morgan fingerprint density at radius 2 is 1.67 bits per heavy atom. The Labute approximate surface area is 156 Å². The van der Waals surface area contributed by atoms with Gasteiger partial charge in [0.05, 0.1) is 24.9 Å². The predicted octanol–water partition coefficient (Wildman–Crippen LogP) is 3.73. The van der Waals surface area contributed by atoms with Crippen LogP contribution in [0.1, 0.15) is 5.56 Å². The van der Waals surface area contributed by atoms with Crippen molar-refractivity contribution in [1.82, 2.24) is 5.32 Å². The maximum absolute atomic E-state index is 11.9. The van der Waals surface area contributed by atoms with E-state index in [1.165, 1.54) is 6.21 Å². The molecule has 0 radical (unpaired) electrons. The van der Waals surface area contributed by atoms with E-state index < -0.39 is 6.09 Å². The molecule has 0 unspecified atom stereocenters. The van der Waals surface area contributed by atoms with Crippen molar-refractivity contribution in [1.29, 1.82) is 0 Å². The van der Waals surface area contributed by atoms with Crippen molar-refractivity contribution >= 4 is 34.7 Å². The molecule has 0 atom stereocenters. The van der Waals surface area contributed by atoms with Crippen LogP contribution in [0.3, 0.4) is 0 Å². The van der Waals surface area contributed by atoms with Gasteiger partial charge in [-0.3, -0.25) is 14.9 Å². The first-order chi connectivity index (χ1) is 13.2.